The molecule has 3 aliphatic heterocycles. The molecule has 0 saturated carbocycles. The number of aryl methyl sites for hydroxylation is 1. The fourth-order valence-corrected chi connectivity index (χ4v) is 8.59. The largest absolute Gasteiger partial charge is 0.508 e. The van der Waals surface area contributed by atoms with Crippen LogP contribution in [0.2, 0.25) is 0 Å². The third kappa shape index (κ3) is 6.85. The molecule has 1 unspecified atom stereocenters. The molecule has 4 aromatic rings. The van der Waals surface area contributed by atoms with Crippen molar-refractivity contribution in [2.45, 2.75) is 56.5 Å². The summed E-state index contributed by atoms with van der Waals surface area (Å²) >= 11 is 0. The van der Waals surface area contributed by atoms with Crippen LogP contribution in [0.25, 0.3) is 0 Å². The summed E-state index contributed by atoms with van der Waals surface area (Å²) in [7, 11) is 0. The van der Waals surface area contributed by atoms with Crippen LogP contribution < -0.4 is 15.0 Å². The summed E-state index contributed by atoms with van der Waals surface area (Å²) in [5.74, 6) is 1.65. The molecule has 0 radical (unpaired) electrons. The Morgan fingerprint density at radius 1 is 0.824 bits per heavy atom. The van der Waals surface area contributed by atoms with Crippen LogP contribution in [-0.2, 0) is 17.8 Å². The number of carbonyl (C=O) groups is 2. The summed E-state index contributed by atoms with van der Waals surface area (Å²) in [4.78, 5) is 32.3. The van der Waals surface area contributed by atoms with E-state index >= 15 is 0 Å². The number of nitrogens with zero attached hydrogens (tertiary/aromatic N) is 3. The van der Waals surface area contributed by atoms with E-state index in [2.05, 4.69) is 94.5 Å². The molecule has 3 atom stereocenters. The monoisotopic (exact) mass is 682 g/mol. The highest BCUT2D eigenvalue weighted by Gasteiger charge is 2.38. The van der Waals surface area contributed by atoms with E-state index < -0.39 is 6.04 Å². The number of anilines is 1. The lowest BCUT2D eigenvalue weighted by Gasteiger charge is -2.36. The van der Waals surface area contributed by atoms with Crippen molar-refractivity contribution in [3.05, 3.63) is 137 Å². The van der Waals surface area contributed by atoms with Crippen LogP contribution in [0, 0.1) is 0 Å². The van der Waals surface area contributed by atoms with Gasteiger partial charge in [0.1, 0.15) is 17.5 Å². The van der Waals surface area contributed by atoms with Gasteiger partial charge in [-0.1, -0.05) is 55.1 Å². The van der Waals surface area contributed by atoms with E-state index in [0.29, 0.717) is 43.2 Å². The minimum absolute atomic E-state index is 0.0548. The van der Waals surface area contributed by atoms with Gasteiger partial charge in [0.2, 0.25) is 5.91 Å². The number of amides is 2. The van der Waals surface area contributed by atoms with Crippen molar-refractivity contribution < 1.29 is 19.4 Å². The molecule has 2 fully saturated rings. The van der Waals surface area contributed by atoms with E-state index in [1.54, 1.807) is 4.90 Å². The Morgan fingerprint density at radius 2 is 1.63 bits per heavy atom. The number of hydrogen-bond donors (Lipinski definition) is 2. The third-order valence-corrected chi connectivity index (χ3v) is 11.3. The van der Waals surface area contributed by atoms with Gasteiger partial charge in [0.25, 0.3) is 5.91 Å². The van der Waals surface area contributed by atoms with Crippen LogP contribution in [0.15, 0.2) is 103 Å². The Balaban J connectivity index is 0.823. The van der Waals surface area contributed by atoms with Gasteiger partial charge in [-0.05, 0) is 108 Å². The van der Waals surface area contributed by atoms with E-state index in [1.165, 1.54) is 22.3 Å². The predicted octanol–water partition coefficient (Wildman–Crippen LogP) is 6.59. The van der Waals surface area contributed by atoms with Crippen LogP contribution >= 0.6 is 0 Å². The number of fused-ring (bicyclic) bond motifs is 2. The Hall–Kier alpha value is -5.08. The number of ether oxygens (including phenoxy) is 1. The SMILES string of the molecule is C=C1CCC(N2Cc3cc(N4CCN(CCCOc5ccc([C@H]6c7ccc(O)cc7CC[C@H]6c6ccccc6)cc5)CC4)ccc3C2=O)C(=O)N1. The van der Waals surface area contributed by atoms with Crippen LogP contribution in [-0.4, -0.2) is 72.1 Å². The van der Waals surface area contributed by atoms with E-state index in [1.807, 2.05) is 18.2 Å². The molecule has 8 heteroatoms. The first kappa shape index (κ1) is 33.1. The first-order valence-corrected chi connectivity index (χ1v) is 18.4. The van der Waals surface area contributed by atoms with Crippen molar-refractivity contribution >= 4 is 17.5 Å². The van der Waals surface area contributed by atoms with Crippen molar-refractivity contribution in [3.63, 3.8) is 0 Å². The third-order valence-electron chi connectivity index (χ3n) is 11.3. The zero-order chi connectivity index (χ0) is 34.9. The number of hydrogen-bond acceptors (Lipinski definition) is 6. The number of phenolic OH excluding ortho intramolecular Hbond substituents is 1. The van der Waals surface area contributed by atoms with Gasteiger partial charge >= 0.3 is 0 Å². The summed E-state index contributed by atoms with van der Waals surface area (Å²) in [6, 6.07) is 31.0. The molecule has 2 amide bonds. The number of nitrogens with one attached hydrogen (secondary N) is 1. The Morgan fingerprint density at radius 3 is 2.41 bits per heavy atom. The van der Waals surface area contributed by atoms with E-state index in [4.69, 9.17) is 4.74 Å². The number of benzene rings is 4. The number of phenols is 1. The highest BCUT2D eigenvalue weighted by atomic mass is 16.5. The Kier molecular flexibility index (Phi) is 9.26. The molecule has 0 bridgehead atoms. The molecule has 3 heterocycles. The summed E-state index contributed by atoms with van der Waals surface area (Å²) in [5.41, 5.74) is 8.75. The molecule has 8 nitrogen and oxygen atoms in total. The number of carbonyl (C=O) groups excluding carboxylic acids is 2. The summed E-state index contributed by atoms with van der Waals surface area (Å²) in [6.45, 7) is 9.81. The molecule has 0 aromatic heterocycles. The van der Waals surface area contributed by atoms with Crippen molar-refractivity contribution in [1.82, 2.24) is 15.1 Å². The number of piperazine rings is 1. The summed E-state index contributed by atoms with van der Waals surface area (Å²) < 4.78 is 6.21. The normalized spacial score (nSPS) is 22.0. The molecule has 2 N–H and O–H groups in total. The van der Waals surface area contributed by atoms with Gasteiger partial charge in [-0.15, -0.1) is 0 Å². The number of aromatic hydroxyl groups is 1. The first-order valence-electron chi connectivity index (χ1n) is 18.4. The number of piperidine rings is 1. The molecule has 262 valence electrons. The fourth-order valence-electron chi connectivity index (χ4n) is 8.59. The van der Waals surface area contributed by atoms with Gasteiger partial charge in [0, 0.05) is 62.1 Å². The van der Waals surface area contributed by atoms with Crippen molar-refractivity contribution in [3.8, 4) is 11.5 Å². The van der Waals surface area contributed by atoms with Gasteiger partial charge in [-0.3, -0.25) is 14.5 Å². The smallest absolute Gasteiger partial charge is 0.255 e. The standard InChI is InChI=1S/C43H46N4O4/c1-29-8-19-40(42(49)44-29)47-28-33-26-34(12-17-39(33)43(47)50)46-23-21-45(22-24-46)20-5-25-51-36-14-9-31(10-15-36)41-37(30-6-3-2-4-7-30)16-11-32-27-35(48)13-18-38(32)41/h2-4,6-7,9-10,12-15,17-18,26-27,37,40-41,48H,1,5,8,11,16,19-25,28H2,(H,44,49)/t37-,40?,41+/m0/s1. The second-order valence-corrected chi connectivity index (χ2v) is 14.4. The highest BCUT2D eigenvalue weighted by molar-refractivity contribution is 6.01. The zero-order valence-electron chi connectivity index (χ0n) is 29.1. The predicted molar refractivity (Wildman–Crippen MR) is 199 cm³/mol. The van der Waals surface area contributed by atoms with E-state index in [0.717, 1.165) is 74.7 Å². The highest BCUT2D eigenvalue weighted by Crippen LogP contribution is 2.47. The van der Waals surface area contributed by atoms with Crippen LogP contribution in [0.5, 0.6) is 11.5 Å². The van der Waals surface area contributed by atoms with Crippen LogP contribution in [0.3, 0.4) is 0 Å². The minimum atomic E-state index is -0.435. The maximum absolute atomic E-state index is 13.1. The van der Waals surface area contributed by atoms with Crippen molar-refractivity contribution in [1.29, 1.82) is 0 Å². The van der Waals surface area contributed by atoms with Gasteiger partial charge in [0.15, 0.2) is 0 Å². The maximum Gasteiger partial charge on any atom is 0.255 e. The molecule has 4 aliphatic rings. The molecule has 1 aliphatic carbocycles. The van der Waals surface area contributed by atoms with Crippen LogP contribution in [0.1, 0.15) is 75.7 Å². The topological polar surface area (TPSA) is 85.4 Å². The quantitative estimate of drug-likeness (QED) is 0.194. The van der Waals surface area contributed by atoms with E-state index in [-0.39, 0.29) is 17.7 Å². The molecular formula is C43H46N4O4. The molecule has 2 saturated heterocycles. The Labute approximate surface area is 300 Å². The summed E-state index contributed by atoms with van der Waals surface area (Å²) in [5, 5.41) is 13.0. The average molecular weight is 683 g/mol. The first-order chi connectivity index (χ1) is 24.9. The minimum Gasteiger partial charge on any atom is -0.508 e. The lowest BCUT2D eigenvalue weighted by atomic mass is 9.69. The van der Waals surface area contributed by atoms with Crippen LogP contribution in [0.4, 0.5) is 5.69 Å². The van der Waals surface area contributed by atoms with Crippen molar-refractivity contribution in [2.24, 2.45) is 0 Å². The maximum atomic E-state index is 13.1. The molecule has 51 heavy (non-hydrogen) atoms. The average Bonchev–Trinajstić information content (AvgIpc) is 3.48. The number of rotatable bonds is 9. The zero-order valence-corrected chi connectivity index (χ0v) is 29.1. The molecule has 8 rings (SSSR count). The fraction of sp³-hybridized carbons (Fsp3) is 0.349. The van der Waals surface area contributed by atoms with Gasteiger partial charge in [-0.25, -0.2) is 0 Å². The van der Waals surface area contributed by atoms with Gasteiger partial charge in [-0.2, -0.15) is 0 Å². The van der Waals surface area contributed by atoms with Crippen molar-refractivity contribution in [2.75, 3.05) is 44.2 Å². The summed E-state index contributed by atoms with van der Waals surface area (Å²) in [6.07, 6.45) is 4.28. The van der Waals surface area contributed by atoms with E-state index in [9.17, 15) is 14.7 Å². The molecule has 4 aromatic carbocycles. The second-order valence-electron chi connectivity index (χ2n) is 14.4. The van der Waals surface area contributed by atoms with Gasteiger partial charge < -0.3 is 25.0 Å². The van der Waals surface area contributed by atoms with Gasteiger partial charge in [0.05, 0.1) is 6.61 Å². The molecular weight excluding hydrogens is 636 g/mol. The Bertz CT molecular complexity index is 1920. The molecule has 0 spiro atoms. The lowest BCUT2D eigenvalue weighted by molar-refractivity contribution is -0.126. The number of allylic oxidation sites excluding steroid dienone is 1. The lowest BCUT2D eigenvalue weighted by Crippen LogP contribution is -2.49. The second kappa shape index (κ2) is 14.3.